The van der Waals surface area contributed by atoms with Crippen LogP contribution < -0.4 is 5.32 Å². The molecule has 0 spiro atoms. The minimum Gasteiger partial charge on any atom is -0.311 e. The van der Waals surface area contributed by atoms with Gasteiger partial charge in [0.05, 0.1) is 5.75 Å². The summed E-state index contributed by atoms with van der Waals surface area (Å²) in [6.07, 6.45) is 0.747. The molecule has 5 heteroatoms. The van der Waals surface area contributed by atoms with E-state index in [9.17, 15) is 8.42 Å². The first-order valence-electron chi connectivity index (χ1n) is 7.33. The minimum absolute atomic E-state index is 0.244. The van der Waals surface area contributed by atoms with Crippen LogP contribution in [-0.2, 0) is 9.84 Å². The third-order valence-corrected chi connectivity index (χ3v) is 5.88. The summed E-state index contributed by atoms with van der Waals surface area (Å²) in [5.41, 5.74) is 0.244. The van der Waals surface area contributed by atoms with E-state index in [1.165, 1.54) is 0 Å². The van der Waals surface area contributed by atoms with E-state index in [0.717, 1.165) is 26.1 Å². The van der Waals surface area contributed by atoms with Crippen LogP contribution in [0.3, 0.4) is 0 Å². The highest BCUT2D eigenvalue weighted by atomic mass is 32.2. The highest BCUT2D eigenvalue weighted by Gasteiger charge is 2.32. The van der Waals surface area contributed by atoms with Crippen LogP contribution in [0, 0.1) is 5.41 Å². The summed E-state index contributed by atoms with van der Waals surface area (Å²) in [4.78, 5) is 2.43. The molecule has 0 radical (unpaired) electrons. The number of rotatable bonds is 5. The van der Waals surface area contributed by atoms with Gasteiger partial charge in [-0.1, -0.05) is 27.7 Å². The van der Waals surface area contributed by atoms with Gasteiger partial charge in [0.2, 0.25) is 0 Å². The van der Waals surface area contributed by atoms with Crippen molar-refractivity contribution in [3.05, 3.63) is 0 Å². The summed E-state index contributed by atoms with van der Waals surface area (Å²) >= 11 is 0. The molecule has 0 aromatic heterocycles. The number of nitrogens with zero attached hydrogens (tertiary/aromatic N) is 1. The SMILES string of the molecule is CCS(=O)(=O)CCCN1CC(C(C)(C)C)NCC1C. The molecule has 0 aliphatic carbocycles. The van der Waals surface area contributed by atoms with Gasteiger partial charge in [-0.2, -0.15) is 0 Å². The molecule has 114 valence electrons. The zero-order chi connectivity index (χ0) is 14.7. The predicted molar refractivity (Wildman–Crippen MR) is 81.2 cm³/mol. The van der Waals surface area contributed by atoms with Crippen molar-refractivity contribution >= 4 is 9.84 Å². The fourth-order valence-corrected chi connectivity index (χ4v) is 3.30. The molecule has 1 saturated heterocycles. The molecule has 0 aromatic rings. The molecule has 0 amide bonds. The van der Waals surface area contributed by atoms with Crippen LogP contribution in [-0.4, -0.2) is 56.5 Å². The van der Waals surface area contributed by atoms with Gasteiger partial charge in [0.15, 0.2) is 0 Å². The normalized spacial score (nSPS) is 26.6. The summed E-state index contributed by atoms with van der Waals surface area (Å²) in [7, 11) is -2.82. The van der Waals surface area contributed by atoms with Gasteiger partial charge >= 0.3 is 0 Å². The Morgan fingerprint density at radius 2 is 1.95 bits per heavy atom. The van der Waals surface area contributed by atoms with E-state index < -0.39 is 9.84 Å². The van der Waals surface area contributed by atoms with Crippen LogP contribution in [0.1, 0.15) is 41.0 Å². The van der Waals surface area contributed by atoms with Gasteiger partial charge in [0.1, 0.15) is 9.84 Å². The molecule has 2 atom stereocenters. The maximum absolute atomic E-state index is 11.5. The first kappa shape index (κ1) is 16.9. The van der Waals surface area contributed by atoms with Gasteiger partial charge in [-0.05, 0) is 25.3 Å². The van der Waals surface area contributed by atoms with Crippen molar-refractivity contribution in [2.24, 2.45) is 5.41 Å². The molecule has 2 unspecified atom stereocenters. The average molecular weight is 290 g/mol. The zero-order valence-electron chi connectivity index (χ0n) is 13.1. The molecule has 1 rings (SSSR count). The first-order chi connectivity index (χ1) is 8.65. The second kappa shape index (κ2) is 6.55. The number of sulfone groups is 1. The summed E-state index contributed by atoms with van der Waals surface area (Å²) in [5, 5.41) is 3.60. The van der Waals surface area contributed by atoms with Gasteiger partial charge < -0.3 is 5.32 Å². The molecule has 1 N–H and O–H groups in total. The smallest absolute Gasteiger partial charge is 0.150 e. The van der Waals surface area contributed by atoms with Crippen molar-refractivity contribution in [3.63, 3.8) is 0 Å². The first-order valence-corrected chi connectivity index (χ1v) is 9.15. The maximum atomic E-state index is 11.5. The average Bonchev–Trinajstić information content (AvgIpc) is 2.30. The van der Waals surface area contributed by atoms with Crippen molar-refractivity contribution < 1.29 is 8.42 Å². The molecule has 4 nitrogen and oxygen atoms in total. The van der Waals surface area contributed by atoms with E-state index in [1.807, 2.05) is 0 Å². The summed E-state index contributed by atoms with van der Waals surface area (Å²) in [6, 6.07) is 0.967. The molecule has 0 saturated carbocycles. The van der Waals surface area contributed by atoms with E-state index >= 15 is 0 Å². The molecular weight excluding hydrogens is 260 g/mol. The third kappa shape index (κ3) is 5.40. The Bertz CT molecular complexity index is 373. The van der Waals surface area contributed by atoms with Crippen molar-refractivity contribution in [1.29, 1.82) is 0 Å². The molecule has 1 aliphatic rings. The second-order valence-electron chi connectivity index (χ2n) is 6.76. The fraction of sp³-hybridized carbons (Fsp3) is 1.00. The monoisotopic (exact) mass is 290 g/mol. The van der Waals surface area contributed by atoms with E-state index in [1.54, 1.807) is 6.92 Å². The molecular formula is C14H30N2O2S. The lowest BCUT2D eigenvalue weighted by molar-refractivity contribution is 0.0940. The van der Waals surface area contributed by atoms with E-state index in [-0.39, 0.29) is 11.2 Å². The van der Waals surface area contributed by atoms with Crippen molar-refractivity contribution in [2.45, 2.75) is 53.1 Å². The lowest BCUT2D eigenvalue weighted by Crippen LogP contribution is -2.59. The van der Waals surface area contributed by atoms with Gasteiger partial charge in [0, 0.05) is 30.9 Å². The lowest BCUT2D eigenvalue weighted by atomic mass is 9.85. The quantitative estimate of drug-likeness (QED) is 0.834. The molecule has 1 heterocycles. The number of hydrogen-bond donors (Lipinski definition) is 1. The molecule has 19 heavy (non-hydrogen) atoms. The van der Waals surface area contributed by atoms with Gasteiger partial charge in [-0.25, -0.2) is 8.42 Å². The van der Waals surface area contributed by atoms with Crippen LogP contribution >= 0.6 is 0 Å². The number of piperazine rings is 1. The van der Waals surface area contributed by atoms with Crippen LogP contribution in [0.5, 0.6) is 0 Å². The largest absolute Gasteiger partial charge is 0.311 e. The maximum Gasteiger partial charge on any atom is 0.150 e. The van der Waals surface area contributed by atoms with Crippen LogP contribution in [0.4, 0.5) is 0 Å². The molecule has 0 aromatic carbocycles. The van der Waals surface area contributed by atoms with Gasteiger partial charge in [0.25, 0.3) is 0 Å². The topological polar surface area (TPSA) is 49.4 Å². The van der Waals surface area contributed by atoms with Crippen LogP contribution in [0.2, 0.25) is 0 Å². The Hall–Kier alpha value is -0.130. The molecule has 1 aliphatic heterocycles. The minimum atomic E-state index is -2.82. The second-order valence-corrected chi connectivity index (χ2v) is 9.23. The van der Waals surface area contributed by atoms with E-state index in [2.05, 4.69) is 37.9 Å². The van der Waals surface area contributed by atoms with E-state index in [0.29, 0.717) is 17.8 Å². The van der Waals surface area contributed by atoms with E-state index in [4.69, 9.17) is 0 Å². The van der Waals surface area contributed by atoms with Crippen molar-refractivity contribution in [1.82, 2.24) is 10.2 Å². The van der Waals surface area contributed by atoms with Crippen LogP contribution in [0.25, 0.3) is 0 Å². The zero-order valence-corrected chi connectivity index (χ0v) is 13.9. The number of nitrogens with one attached hydrogen (secondary N) is 1. The Morgan fingerprint density at radius 1 is 1.32 bits per heavy atom. The molecule has 1 fully saturated rings. The summed E-state index contributed by atoms with van der Waals surface area (Å²) < 4.78 is 23.0. The van der Waals surface area contributed by atoms with Crippen molar-refractivity contribution in [2.75, 3.05) is 31.1 Å². The predicted octanol–water partition coefficient (Wildman–Crippen LogP) is 1.52. The summed E-state index contributed by atoms with van der Waals surface area (Å²) in [5.74, 6) is 0.578. The third-order valence-electron chi connectivity index (χ3n) is 4.09. The Morgan fingerprint density at radius 3 is 2.47 bits per heavy atom. The lowest BCUT2D eigenvalue weighted by Gasteiger charge is -2.44. The van der Waals surface area contributed by atoms with Crippen LogP contribution in [0.15, 0.2) is 0 Å². The Kier molecular flexibility index (Phi) is 5.83. The van der Waals surface area contributed by atoms with Crippen molar-refractivity contribution in [3.8, 4) is 0 Å². The standard InChI is InChI=1S/C14H30N2O2S/c1-6-19(17,18)9-7-8-16-11-13(14(3,4)5)15-10-12(16)2/h12-13,15H,6-11H2,1-5H3. The Labute approximate surface area is 118 Å². The number of hydrogen-bond acceptors (Lipinski definition) is 4. The van der Waals surface area contributed by atoms with Gasteiger partial charge in [-0.15, -0.1) is 0 Å². The molecule has 0 bridgehead atoms. The fourth-order valence-electron chi connectivity index (χ4n) is 2.44. The Balaban J connectivity index is 2.47. The van der Waals surface area contributed by atoms with Gasteiger partial charge in [-0.3, -0.25) is 4.90 Å². The highest BCUT2D eigenvalue weighted by molar-refractivity contribution is 7.91. The highest BCUT2D eigenvalue weighted by Crippen LogP contribution is 2.23. The summed E-state index contributed by atoms with van der Waals surface area (Å²) in [6.45, 7) is 13.6.